The van der Waals surface area contributed by atoms with E-state index in [0.717, 1.165) is 42.7 Å². The summed E-state index contributed by atoms with van der Waals surface area (Å²) >= 11 is 0. The van der Waals surface area contributed by atoms with Crippen LogP contribution in [0.25, 0.3) is 10.9 Å². The van der Waals surface area contributed by atoms with Gasteiger partial charge in [0.05, 0.1) is 19.7 Å². The first-order chi connectivity index (χ1) is 12.7. The van der Waals surface area contributed by atoms with Crippen molar-refractivity contribution in [1.82, 2.24) is 15.3 Å². The number of piperidine rings is 1. The van der Waals surface area contributed by atoms with E-state index >= 15 is 0 Å². The lowest BCUT2D eigenvalue weighted by Crippen LogP contribution is -2.45. The van der Waals surface area contributed by atoms with Gasteiger partial charge in [-0.15, -0.1) is 0 Å². The average molecular weight is 360 g/mol. The average Bonchev–Trinajstić information content (AvgIpc) is 2.67. The van der Waals surface area contributed by atoms with E-state index in [1.807, 2.05) is 12.1 Å². The number of methoxy groups -OCH3 is 3. The summed E-state index contributed by atoms with van der Waals surface area (Å²) in [4.78, 5) is 22.7. The Morgan fingerprint density at radius 2 is 1.85 bits per heavy atom. The zero-order chi connectivity index (χ0) is 18.5. The van der Waals surface area contributed by atoms with Crippen molar-refractivity contribution in [3.05, 3.63) is 18.5 Å². The fourth-order valence-electron chi connectivity index (χ4n) is 3.26. The maximum Gasteiger partial charge on any atom is 0.246 e. The molecule has 8 heteroatoms. The summed E-state index contributed by atoms with van der Waals surface area (Å²) in [6.45, 7) is 1.70. The number of rotatable bonds is 6. The Balaban J connectivity index is 1.78. The molecule has 1 amide bonds. The normalized spacial score (nSPS) is 15.1. The van der Waals surface area contributed by atoms with E-state index in [0.29, 0.717) is 11.5 Å². The first kappa shape index (κ1) is 18.2. The third kappa shape index (κ3) is 3.80. The lowest BCUT2D eigenvalue weighted by Gasteiger charge is -2.33. The number of anilines is 1. The van der Waals surface area contributed by atoms with E-state index in [2.05, 4.69) is 20.2 Å². The van der Waals surface area contributed by atoms with Crippen LogP contribution < -0.4 is 19.7 Å². The van der Waals surface area contributed by atoms with Gasteiger partial charge >= 0.3 is 0 Å². The van der Waals surface area contributed by atoms with E-state index in [9.17, 15) is 4.79 Å². The number of ether oxygens (including phenoxy) is 3. The molecular formula is C18H24N4O4. The van der Waals surface area contributed by atoms with Crippen LogP contribution in [0.2, 0.25) is 0 Å². The molecule has 1 fully saturated rings. The summed E-state index contributed by atoms with van der Waals surface area (Å²) in [5.74, 6) is 2.09. The van der Waals surface area contributed by atoms with Crippen LogP contribution in [0.5, 0.6) is 11.5 Å². The van der Waals surface area contributed by atoms with Gasteiger partial charge in [0.25, 0.3) is 0 Å². The quantitative estimate of drug-likeness (QED) is 0.833. The Bertz CT molecular complexity index is 775. The molecule has 0 bridgehead atoms. The highest BCUT2D eigenvalue weighted by Crippen LogP contribution is 2.35. The molecule has 1 aliphatic rings. The highest BCUT2D eigenvalue weighted by atomic mass is 16.5. The van der Waals surface area contributed by atoms with Gasteiger partial charge in [0.2, 0.25) is 5.91 Å². The molecule has 0 atom stereocenters. The highest BCUT2D eigenvalue weighted by molar-refractivity contribution is 5.92. The largest absolute Gasteiger partial charge is 0.493 e. The molecule has 1 aromatic carbocycles. The lowest BCUT2D eigenvalue weighted by molar-refractivity contribution is -0.125. The van der Waals surface area contributed by atoms with Crippen LogP contribution >= 0.6 is 0 Å². The lowest BCUT2D eigenvalue weighted by atomic mass is 10.0. The van der Waals surface area contributed by atoms with Gasteiger partial charge in [-0.3, -0.25) is 4.79 Å². The number of hydrogen-bond donors (Lipinski definition) is 1. The first-order valence-corrected chi connectivity index (χ1v) is 8.56. The number of carbonyl (C=O) groups is 1. The molecule has 0 spiro atoms. The molecule has 0 unspecified atom stereocenters. The Morgan fingerprint density at radius 3 is 2.50 bits per heavy atom. The minimum absolute atomic E-state index is 0.0738. The van der Waals surface area contributed by atoms with E-state index in [1.54, 1.807) is 20.5 Å². The van der Waals surface area contributed by atoms with Crippen LogP contribution in [0.3, 0.4) is 0 Å². The van der Waals surface area contributed by atoms with Gasteiger partial charge in [-0.05, 0) is 18.9 Å². The van der Waals surface area contributed by atoms with Crippen LogP contribution in [0.15, 0.2) is 18.5 Å². The second kappa shape index (κ2) is 8.18. The van der Waals surface area contributed by atoms with E-state index < -0.39 is 0 Å². The standard InChI is InChI=1S/C18H24N4O4/c1-24-10-17(23)21-12-4-6-22(7-5-12)18-13-8-15(25-2)16(26-3)9-14(13)19-11-20-18/h8-9,11-12H,4-7,10H2,1-3H3,(H,21,23). The number of fused-ring (bicyclic) bond motifs is 1. The van der Waals surface area contributed by atoms with Crippen LogP contribution in [-0.2, 0) is 9.53 Å². The molecule has 0 radical (unpaired) electrons. The number of aromatic nitrogens is 2. The molecule has 1 saturated heterocycles. The minimum atomic E-state index is -0.0738. The molecule has 1 aliphatic heterocycles. The van der Waals surface area contributed by atoms with Crippen molar-refractivity contribution < 1.29 is 19.0 Å². The Labute approximate surface area is 152 Å². The van der Waals surface area contributed by atoms with Crippen LogP contribution in [-0.4, -0.2) is 62.9 Å². The Hall–Kier alpha value is -2.61. The summed E-state index contributed by atoms with van der Waals surface area (Å²) in [7, 11) is 4.74. The fraction of sp³-hybridized carbons (Fsp3) is 0.500. The van der Waals surface area contributed by atoms with Gasteiger partial charge in [-0.2, -0.15) is 0 Å². The maximum atomic E-state index is 11.7. The minimum Gasteiger partial charge on any atom is -0.493 e. The third-order valence-electron chi connectivity index (χ3n) is 4.55. The predicted molar refractivity (Wildman–Crippen MR) is 97.9 cm³/mol. The highest BCUT2D eigenvalue weighted by Gasteiger charge is 2.23. The zero-order valence-corrected chi connectivity index (χ0v) is 15.3. The first-order valence-electron chi connectivity index (χ1n) is 8.56. The molecule has 1 N–H and O–H groups in total. The molecule has 0 aliphatic carbocycles. The number of carbonyl (C=O) groups excluding carboxylic acids is 1. The van der Waals surface area contributed by atoms with Crippen molar-refractivity contribution in [3.8, 4) is 11.5 Å². The Morgan fingerprint density at radius 1 is 1.15 bits per heavy atom. The third-order valence-corrected chi connectivity index (χ3v) is 4.55. The van der Waals surface area contributed by atoms with Crippen LogP contribution in [0.4, 0.5) is 5.82 Å². The molecule has 2 aromatic rings. The van der Waals surface area contributed by atoms with E-state index in [-0.39, 0.29) is 18.6 Å². The smallest absolute Gasteiger partial charge is 0.246 e. The molecule has 0 saturated carbocycles. The molecule has 3 rings (SSSR count). The summed E-state index contributed by atoms with van der Waals surface area (Å²) < 4.78 is 15.6. The molecule has 140 valence electrons. The van der Waals surface area contributed by atoms with Crippen molar-refractivity contribution in [2.45, 2.75) is 18.9 Å². The van der Waals surface area contributed by atoms with Crippen molar-refractivity contribution in [3.63, 3.8) is 0 Å². The number of benzene rings is 1. The van der Waals surface area contributed by atoms with Crippen LogP contribution in [0, 0.1) is 0 Å². The molecule has 2 heterocycles. The van der Waals surface area contributed by atoms with Gasteiger partial charge in [0.1, 0.15) is 18.8 Å². The van der Waals surface area contributed by atoms with Gasteiger partial charge in [-0.1, -0.05) is 0 Å². The molecule has 26 heavy (non-hydrogen) atoms. The van der Waals surface area contributed by atoms with Crippen LogP contribution in [0.1, 0.15) is 12.8 Å². The topological polar surface area (TPSA) is 85.8 Å². The monoisotopic (exact) mass is 360 g/mol. The number of nitrogens with one attached hydrogen (secondary N) is 1. The number of nitrogens with zero attached hydrogens (tertiary/aromatic N) is 3. The van der Waals surface area contributed by atoms with E-state index in [4.69, 9.17) is 14.2 Å². The molecule has 1 aromatic heterocycles. The summed E-state index contributed by atoms with van der Waals surface area (Å²) in [6.07, 6.45) is 3.28. The molecule has 8 nitrogen and oxygen atoms in total. The predicted octanol–water partition coefficient (Wildman–Crippen LogP) is 1.38. The zero-order valence-electron chi connectivity index (χ0n) is 15.3. The van der Waals surface area contributed by atoms with E-state index in [1.165, 1.54) is 7.11 Å². The Kier molecular flexibility index (Phi) is 5.72. The second-order valence-corrected chi connectivity index (χ2v) is 6.18. The number of amides is 1. The van der Waals surface area contributed by atoms with Gasteiger partial charge in [0, 0.05) is 37.7 Å². The molecular weight excluding hydrogens is 336 g/mol. The van der Waals surface area contributed by atoms with Gasteiger partial charge in [0.15, 0.2) is 11.5 Å². The van der Waals surface area contributed by atoms with Crippen molar-refractivity contribution >= 4 is 22.6 Å². The van der Waals surface area contributed by atoms with Gasteiger partial charge < -0.3 is 24.4 Å². The summed E-state index contributed by atoms with van der Waals surface area (Å²) in [6, 6.07) is 3.93. The maximum absolute atomic E-state index is 11.7. The van der Waals surface area contributed by atoms with Gasteiger partial charge in [-0.25, -0.2) is 9.97 Å². The number of hydrogen-bond acceptors (Lipinski definition) is 7. The van der Waals surface area contributed by atoms with Crippen molar-refractivity contribution in [1.29, 1.82) is 0 Å². The SMILES string of the molecule is COCC(=O)NC1CCN(c2ncnc3cc(OC)c(OC)cc23)CC1. The fourth-order valence-corrected chi connectivity index (χ4v) is 3.26. The van der Waals surface area contributed by atoms with Crippen molar-refractivity contribution in [2.75, 3.05) is 45.9 Å². The second-order valence-electron chi connectivity index (χ2n) is 6.18. The van der Waals surface area contributed by atoms with Crippen molar-refractivity contribution in [2.24, 2.45) is 0 Å². The summed E-state index contributed by atoms with van der Waals surface area (Å²) in [5, 5.41) is 3.93. The summed E-state index contributed by atoms with van der Waals surface area (Å²) in [5.41, 5.74) is 0.808.